The number of esters is 2. The van der Waals surface area contributed by atoms with Crippen molar-refractivity contribution < 1.29 is 48.7 Å². The number of aliphatic hydroxyl groups is 3. The number of hydrogen-bond donors (Lipinski definition) is 3. The first-order valence-corrected chi connectivity index (χ1v) is 13.4. The van der Waals surface area contributed by atoms with Crippen molar-refractivity contribution in [2.45, 2.75) is 88.2 Å². The minimum atomic E-state index is -2.67. The summed E-state index contributed by atoms with van der Waals surface area (Å²) < 4.78 is 18.0. The monoisotopic (exact) mass is 528 g/mol. The van der Waals surface area contributed by atoms with Gasteiger partial charge in [0.25, 0.3) is 0 Å². The van der Waals surface area contributed by atoms with Crippen molar-refractivity contribution in [3.63, 3.8) is 0 Å². The summed E-state index contributed by atoms with van der Waals surface area (Å²) in [7, 11) is 0. The summed E-state index contributed by atoms with van der Waals surface area (Å²) in [4.78, 5) is 54.6. The van der Waals surface area contributed by atoms with Crippen LogP contribution in [0.15, 0.2) is 23.8 Å². The van der Waals surface area contributed by atoms with E-state index in [9.17, 15) is 34.5 Å². The Hall–Kier alpha value is -2.40. The lowest BCUT2D eigenvalue weighted by atomic mass is 9.46. The lowest BCUT2D eigenvalue weighted by Crippen LogP contribution is -2.78. The number of carbonyl (C=O) groups excluding carboxylic acids is 4. The van der Waals surface area contributed by atoms with Gasteiger partial charge in [-0.3, -0.25) is 14.4 Å². The molecular weight excluding hydrogens is 496 g/mol. The van der Waals surface area contributed by atoms with Gasteiger partial charge in [-0.1, -0.05) is 31.6 Å². The molecule has 1 unspecified atom stereocenters. The first-order valence-electron chi connectivity index (χ1n) is 13.4. The molecule has 0 amide bonds. The molecule has 0 aromatic carbocycles. The van der Waals surface area contributed by atoms with Gasteiger partial charge in [0.05, 0.1) is 29.3 Å². The van der Waals surface area contributed by atoms with Crippen molar-refractivity contribution in [3.05, 3.63) is 23.8 Å². The fourth-order valence-electron chi connectivity index (χ4n) is 9.51. The molecule has 7 rings (SSSR count). The molecule has 4 heterocycles. The zero-order valence-corrected chi connectivity index (χ0v) is 21.7. The molecule has 4 bridgehead atoms. The third kappa shape index (κ3) is 2.19. The Labute approximate surface area is 219 Å². The molecule has 4 saturated heterocycles. The minimum absolute atomic E-state index is 0.0287. The predicted molar refractivity (Wildman–Crippen MR) is 126 cm³/mol. The number of rotatable bonds is 0. The average molecular weight is 529 g/mol. The van der Waals surface area contributed by atoms with E-state index < -0.39 is 87.0 Å². The van der Waals surface area contributed by atoms with Crippen molar-refractivity contribution in [2.24, 2.45) is 34.5 Å². The quantitative estimate of drug-likeness (QED) is 0.299. The van der Waals surface area contributed by atoms with Crippen molar-refractivity contribution in [1.82, 2.24) is 0 Å². The van der Waals surface area contributed by atoms with Gasteiger partial charge in [0.15, 0.2) is 28.4 Å². The number of fused-ring (bicyclic) bond motifs is 9. The number of hydrogen-bond acceptors (Lipinski definition) is 10. The molecule has 3 N–H and O–H groups in total. The molecule has 10 nitrogen and oxygen atoms in total. The molecule has 4 aliphatic heterocycles. The van der Waals surface area contributed by atoms with Crippen LogP contribution in [-0.4, -0.2) is 73.6 Å². The molecule has 5 fully saturated rings. The fourth-order valence-corrected chi connectivity index (χ4v) is 9.51. The normalized spacial score (nSPS) is 58.1. The summed E-state index contributed by atoms with van der Waals surface area (Å²) in [5.74, 6) is -9.59. The highest BCUT2D eigenvalue weighted by Gasteiger charge is 2.92. The van der Waals surface area contributed by atoms with Crippen LogP contribution in [0.3, 0.4) is 0 Å². The van der Waals surface area contributed by atoms with Gasteiger partial charge in [0, 0.05) is 0 Å². The van der Waals surface area contributed by atoms with E-state index in [2.05, 4.69) is 0 Å². The molecule has 38 heavy (non-hydrogen) atoms. The van der Waals surface area contributed by atoms with Crippen molar-refractivity contribution in [3.8, 4) is 0 Å². The van der Waals surface area contributed by atoms with Gasteiger partial charge < -0.3 is 29.5 Å². The summed E-state index contributed by atoms with van der Waals surface area (Å²) in [6.07, 6.45) is 2.66. The van der Waals surface area contributed by atoms with E-state index in [4.69, 9.17) is 14.2 Å². The van der Waals surface area contributed by atoms with Gasteiger partial charge in [-0.15, -0.1) is 0 Å². The SMILES string of the molecule is C[C@@H]1C(=O)O[C@@H]2C[C@@]1(C)[C@@H]1C(=O)[C@]3(O)O[C@]14[C@@]2(C)OC(=O)[C@@]4(O)CC[C@H]1C3[C@H](O)C=C2CC=CC(=O)[C@@]21C. The van der Waals surface area contributed by atoms with Gasteiger partial charge in [0.2, 0.25) is 5.79 Å². The highest BCUT2D eigenvalue weighted by molar-refractivity contribution is 6.01. The third-order valence-electron chi connectivity index (χ3n) is 11.8. The van der Waals surface area contributed by atoms with E-state index in [-0.39, 0.29) is 25.0 Å². The number of allylic oxidation sites excluding steroid dienone is 3. The Morgan fingerprint density at radius 1 is 1.08 bits per heavy atom. The Morgan fingerprint density at radius 3 is 2.50 bits per heavy atom. The molecule has 3 aliphatic carbocycles. The first kappa shape index (κ1) is 24.6. The standard InChI is InChI=1S/C28H32O10/c1-12-21(32)36-17-11-23(12,2)19-20(31)27(35)18-14(24(3)13(10-15(18)29)6-5-7-16(24)30)8-9-26(34)22(33)37-25(17,4)28(19,26)38-27/h5,7,10,12,14-15,17-19,29,34-35H,6,8-9,11H2,1-4H3/t12-,14+,15-,17-,18?,19+,23-,24+,25+,26+,27-,28+/m1/s1. The highest BCUT2D eigenvalue weighted by Crippen LogP contribution is 2.73. The van der Waals surface area contributed by atoms with E-state index >= 15 is 0 Å². The van der Waals surface area contributed by atoms with Gasteiger partial charge in [-0.05, 0) is 56.9 Å². The van der Waals surface area contributed by atoms with Gasteiger partial charge in [-0.2, -0.15) is 0 Å². The summed E-state index contributed by atoms with van der Waals surface area (Å²) in [5.41, 5.74) is -7.93. The topological polar surface area (TPSA) is 157 Å². The number of carbonyl (C=O) groups is 4. The molecule has 0 aromatic rings. The second-order valence-electron chi connectivity index (χ2n) is 13.1. The Bertz CT molecular complexity index is 1300. The summed E-state index contributed by atoms with van der Waals surface area (Å²) in [6.45, 7) is 6.53. The second kappa shape index (κ2) is 6.66. The van der Waals surface area contributed by atoms with Crippen LogP contribution >= 0.6 is 0 Å². The van der Waals surface area contributed by atoms with Crippen LogP contribution in [-0.2, 0) is 33.4 Å². The van der Waals surface area contributed by atoms with Gasteiger partial charge in [-0.25, -0.2) is 4.79 Å². The first-order chi connectivity index (χ1) is 17.6. The maximum Gasteiger partial charge on any atom is 0.342 e. The van der Waals surface area contributed by atoms with Crippen molar-refractivity contribution in [1.29, 1.82) is 0 Å². The molecular formula is C28H32O10. The smallest absolute Gasteiger partial charge is 0.342 e. The van der Waals surface area contributed by atoms with Gasteiger partial charge >= 0.3 is 11.9 Å². The van der Waals surface area contributed by atoms with Crippen LogP contribution in [0.2, 0.25) is 0 Å². The number of Topliss-reactive ketones (excluding diaryl/α,β-unsaturated/α-hetero) is 1. The highest BCUT2D eigenvalue weighted by atomic mass is 16.7. The maximum absolute atomic E-state index is 14.6. The summed E-state index contributed by atoms with van der Waals surface area (Å²) in [6, 6.07) is 0. The predicted octanol–water partition coefficient (Wildman–Crippen LogP) is 0.510. The zero-order chi connectivity index (χ0) is 27.4. The van der Waals surface area contributed by atoms with Crippen LogP contribution in [0, 0.1) is 34.5 Å². The minimum Gasteiger partial charge on any atom is -0.458 e. The average Bonchev–Trinajstić information content (AvgIpc) is 3.19. The molecule has 12 atom stereocenters. The molecule has 7 aliphatic rings. The molecule has 0 radical (unpaired) electrons. The van der Waals surface area contributed by atoms with E-state index in [1.165, 1.54) is 19.1 Å². The van der Waals surface area contributed by atoms with Crippen LogP contribution in [0.1, 0.15) is 53.4 Å². The Morgan fingerprint density at radius 2 is 1.79 bits per heavy atom. The zero-order valence-electron chi connectivity index (χ0n) is 21.7. The van der Waals surface area contributed by atoms with Crippen LogP contribution in [0.5, 0.6) is 0 Å². The number of aliphatic hydroxyl groups excluding tert-OH is 1. The lowest BCUT2D eigenvalue weighted by molar-refractivity contribution is -0.350. The van der Waals surface area contributed by atoms with Crippen molar-refractivity contribution in [2.75, 3.05) is 0 Å². The number of ether oxygens (including phenoxy) is 3. The van der Waals surface area contributed by atoms with Crippen LogP contribution in [0.4, 0.5) is 0 Å². The van der Waals surface area contributed by atoms with E-state index in [1.54, 1.807) is 26.8 Å². The van der Waals surface area contributed by atoms with E-state index in [0.29, 0.717) is 12.0 Å². The number of ketones is 2. The van der Waals surface area contributed by atoms with E-state index in [0.717, 1.165) is 0 Å². The summed E-state index contributed by atoms with van der Waals surface area (Å²) in [5, 5.41) is 36.1. The van der Waals surface area contributed by atoms with Crippen LogP contribution < -0.4 is 0 Å². The Balaban J connectivity index is 1.52. The van der Waals surface area contributed by atoms with Crippen molar-refractivity contribution >= 4 is 23.5 Å². The lowest BCUT2D eigenvalue weighted by Gasteiger charge is -2.61. The molecule has 1 saturated carbocycles. The third-order valence-corrected chi connectivity index (χ3v) is 11.8. The van der Waals surface area contributed by atoms with E-state index in [1.807, 2.05) is 0 Å². The largest absolute Gasteiger partial charge is 0.458 e. The second-order valence-corrected chi connectivity index (χ2v) is 13.1. The fraction of sp³-hybridized carbons (Fsp3) is 0.714. The molecule has 10 heteroatoms. The summed E-state index contributed by atoms with van der Waals surface area (Å²) >= 11 is 0. The van der Waals surface area contributed by atoms with Gasteiger partial charge in [0.1, 0.15) is 6.10 Å². The van der Waals surface area contributed by atoms with Crippen LogP contribution in [0.25, 0.3) is 0 Å². The maximum atomic E-state index is 14.6. The Kier molecular flexibility index (Phi) is 4.31. The molecule has 204 valence electrons. The molecule has 1 spiro atoms. The molecule has 0 aromatic heterocycles.